The first-order valence-corrected chi connectivity index (χ1v) is 7.93. The molecule has 1 aliphatic rings. The smallest absolute Gasteiger partial charge is 0.0890 e. The first kappa shape index (κ1) is 12.9. The molecule has 100 valence electrons. The molecule has 2 heteroatoms. The normalized spacial score (nSPS) is 20.0. The number of fused-ring (bicyclic) bond motifs is 1. The summed E-state index contributed by atoms with van der Waals surface area (Å²) in [6.07, 6.45) is 4.20. The van der Waals surface area contributed by atoms with E-state index in [4.69, 9.17) is 0 Å². The minimum Gasteiger partial charge on any atom is -0.388 e. The van der Waals surface area contributed by atoms with Gasteiger partial charge in [-0.3, -0.25) is 0 Å². The minimum atomic E-state index is -0.309. The van der Waals surface area contributed by atoms with E-state index < -0.39 is 0 Å². The molecule has 1 aliphatic carbocycles. The maximum Gasteiger partial charge on any atom is 0.0890 e. The van der Waals surface area contributed by atoms with Crippen molar-refractivity contribution in [2.75, 3.05) is 0 Å². The summed E-state index contributed by atoms with van der Waals surface area (Å²) in [4.78, 5) is 1.14. The van der Waals surface area contributed by atoms with Crippen molar-refractivity contribution in [3.8, 4) is 0 Å². The second kappa shape index (κ2) is 5.48. The number of hydrogen-bond acceptors (Lipinski definition) is 2. The fourth-order valence-corrected chi connectivity index (χ4v) is 4.13. The summed E-state index contributed by atoms with van der Waals surface area (Å²) in [5, 5.41) is 12.6. The highest BCUT2D eigenvalue weighted by Gasteiger charge is 2.24. The molecule has 0 amide bonds. The van der Waals surface area contributed by atoms with E-state index in [1.165, 1.54) is 36.0 Å². The highest BCUT2D eigenvalue weighted by atomic mass is 32.1. The molecule has 0 aliphatic heterocycles. The molecule has 0 saturated heterocycles. The summed E-state index contributed by atoms with van der Waals surface area (Å²) in [5.41, 5.74) is 4.16. The van der Waals surface area contributed by atoms with E-state index in [1.54, 1.807) is 11.3 Å². The van der Waals surface area contributed by atoms with Crippen LogP contribution in [0, 0.1) is 6.92 Å². The summed E-state index contributed by atoms with van der Waals surface area (Å²) in [6, 6.07) is 10.8. The Morgan fingerprint density at radius 2 is 2.16 bits per heavy atom. The fourth-order valence-electron chi connectivity index (χ4n) is 3.20. The van der Waals surface area contributed by atoms with E-state index in [1.807, 2.05) is 0 Å². The highest BCUT2D eigenvalue weighted by molar-refractivity contribution is 7.10. The number of hydrogen-bond donors (Lipinski definition) is 1. The monoisotopic (exact) mass is 272 g/mol. The highest BCUT2D eigenvalue weighted by Crippen LogP contribution is 2.39. The summed E-state index contributed by atoms with van der Waals surface area (Å²) in [5.74, 6) is 0.515. The van der Waals surface area contributed by atoms with Gasteiger partial charge in [0.05, 0.1) is 6.10 Å². The molecule has 1 heterocycles. The van der Waals surface area contributed by atoms with Crippen molar-refractivity contribution in [3.63, 3.8) is 0 Å². The Balaban J connectivity index is 1.80. The number of aryl methyl sites for hydroxylation is 2. The molecule has 2 unspecified atom stereocenters. The van der Waals surface area contributed by atoms with Gasteiger partial charge in [0.25, 0.3) is 0 Å². The topological polar surface area (TPSA) is 20.2 Å². The van der Waals surface area contributed by atoms with Gasteiger partial charge >= 0.3 is 0 Å². The number of rotatable bonds is 3. The van der Waals surface area contributed by atoms with Crippen LogP contribution in [-0.2, 0) is 6.42 Å². The first-order chi connectivity index (χ1) is 9.25. The van der Waals surface area contributed by atoms with Crippen LogP contribution in [0.25, 0.3) is 0 Å². The van der Waals surface area contributed by atoms with Gasteiger partial charge in [0.1, 0.15) is 0 Å². The molecular weight excluding hydrogens is 252 g/mol. The molecule has 0 saturated carbocycles. The molecule has 2 atom stereocenters. The fraction of sp³-hybridized carbons (Fsp3) is 0.412. The lowest BCUT2D eigenvalue weighted by Crippen LogP contribution is -2.13. The molecule has 1 aromatic heterocycles. The number of thiophene rings is 1. The van der Waals surface area contributed by atoms with E-state index in [9.17, 15) is 5.11 Å². The Labute approximate surface area is 118 Å². The molecule has 2 aromatic rings. The van der Waals surface area contributed by atoms with Gasteiger partial charge in [-0.25, -0.2) is 0 Å². The van der Waals surface area contributed by atoms with Crippen molar-refractivity contribution in [3.05, 3.63) is 57.3 Å². The lowest BCUT2D eigenvalue weighted by atomic mass is 9.80. The maximum atomic E-state index is 10.5. The van der Waals surface area contributed by atoms with E-state index in [2.05, 4.69) is 42.6 Å². The van der Waals surface area contributed by atoms with Crippen LogP contribution < -0.4 is 0 Å². The summed E-state index contributed by atoms with van der Waals surface area (Å²) < 4.78 is 0. The van der Waals surface area contributed by atoms with Gasteiger partial charge in [-0.2, -0.15) is 0 Å². The standard InChI is InChI=1S/C17H20OS/c1-12-9-10-19-17(12)16(18)11-14-7-4-6-13-5-2-3-8-15(13)14/h2-3,5,8-10,14,16,18H,4,6-7,11H2,1H3. The van der Waals surface area contributed by atoms with Crippen molar-refractivity contribution in [2.24, 2.45) is 0 Å². The maximum absolute atomic E-state index is 10.5. The second-order valence-electron chi connectivity index (χ2n) is 5.51. The SMILES string of the molecule is Cc1ccsc1C(O)CC1CCCc2ccccc21. The van der Waals surface area contributed by atoms with E-state index >= 15 is 0 Å². The summed E-state index contributed by atoms with van der Waals surface area (Å²) in [6.45, 7) is 2.09. The van der Waals surface area contributed by atoms with Gasteiger partial charge in [-0.1, -0.05) is 24.3 Å². The molecule has 19 heavy (non-hydrogen) atoms. The number of aliphatic hydroxyl groups excluding tert-OH is 1. The second-order valence-corrected chi connectivity index (χ2v) is 6.46. The average Bonchev–Trinajstić information content (AvgIpc) is 2.85. The average molecular weight is 272 g/mol. The number of aliphatic hydroxyl groups is 1. The van der Waals surface area contributed by atoms with Gasteiger partial charge in [0.15, 0.2) is 0 Å². The predicted molar refractivity (Wildman–Crippen MR) is 80.8 cm³/mol. The molecule has 3 rings (SSSR count). The molecule has 0 spiro atoms. The van der Waals surface area contributed by atoms with Gasteiger partial charge in [0.2, 0.25) is 0 Å². The summed E-state index contributed by atoms with van der Waals surface area (Å²) in [7, 11) is 0. The van der Waals surface area contributed by atoms with Gasteiger partial charge < -0.3 is 5.11 Å². The first-order valence-electron chi connectivity index (χ1n) is 7.05. The van der Waals surface area contributed by atoms with E-state index in [0.717, 1.165) is 11.3 Å². The van der Waals surface area contributed by atoms with Gasteiger partial charge in [-0.05, 0) is 66.7 Å². The van der Waals surface area contributed by atoms with Crippen LogP contribution in [0.5, 0.6) is 0 Å². The molecule has 1 aromatic carbocycles. The molecular formula is C17H20OS. The van der Waals surface area contributed by atoms with Crippen LogP contribution in [-0.4, -0.2) is 5.11 Å². The Morgan fingerprint density at radius 1 is 1.32 bits per heavy atom. The van der Waals surface area contributed by atoms with Crippen molar-refractivity contribution in [1.29, 1.82) is 0 Å². The molecule has 0 radical (unpaired) electrons. The zero-order valence-electron chi connectivity index (χ0n) is 11.3. The lowest BCUT2D eigenvalue weighted by molar-refractivity contribution is 0.157. The van der Waals surface area contributed by atoms with Crippen molar-refractivity contribution < 1.29 is 5.11 Å². The Morgan fingerprint density at radius 3 is 2.95 bits per heavy atom. The molecule has 1 N–H and O–H groups in total. The van der Waals surface area contributed by atoms with Crippen LogP contribution in [0.3, 0.4) is 0 Å². The Kier molecular flexibility index (Phi) is 3.72. The largest absolute Gasteiger partial charge is 0.388 e. The van der Waals surface area contributed by atoms with Crippen LogP contribution in [0.2, 0.25) is 0 Å². The quantitative estimate of drug-likeness (QED) is 0.865. The Bertz CT molecular complexity index is 558. The van der Waals surface area contributed by atoms with E-state index in [0.29, 0.717) is 5.92 Å². The molecule has 0 bridgehead atoms. The zero-order chi connectivity index (χ0) is 13.2. The van der Waals surface area contributed by atoms with Crippen molar-refractivity contribution in [2.45, 2.75) is 44.6 Å². The molecule has 1 nitrogen and oxygen atoms in total. The minimum absolute atomic E-state index is 0.309. The third kappa shape index (κ3) is 2.60. The third-order valence-corrected chi connectivity index (χ3v) is 5.33. The van der Waals surface area contributed by atoms with Crippen LogP contribution >= 0.6 is 11.3 Å². The third-order valence-electron chi connectivity index (χ3n) is 4.21. The van der Waals surface area contributed by atoms with Crippen LogP contribution in [0.1, 0.15) is 52.9 Å². The van der Waals surface area contributed by atoms with Crippen LogP contribution in [0.15, 0.2) is 35.7 Å². The van der Waals surface area contributed by atoms with E-state index in [-0.39, 0.29) is 6.10 Å². The molecule has 0 fully saturated rings. The Hall–Kier alpha value is -1.12. The van der Waals surface area contributed by atoms with Gasteiger partial charge in [-0.15, -0.1) is 11.3 Å². The zero-order valence-corrected chi connectivity index (χ0v) is 12.1. The van der Waals surface area contributed by atoms with Crippen molar-refractivity contribution in [1.82, 2.24) is 0 Å². The summed E-state index contributed by atoms with van der Waals surface area (Å²) >= 11 is 1.68. The van der Waals surface area contributed by atoms with Crippen LogP contribution in [0.4, 0.5) is 0 Å². The van der Waals surface area contributed by atoms with Crippen molar-refractivity contribution >= 4 is 11.3 Å². The predicted octanol–water partition coefficient (Wildman–Crippen LogP) is 4.60. The number of benzene rings is 1. The van der Waals surface area contributed by atoms with Gasteiger partial charge in [0, 0.05) is 4.88 Å². The lowest BCUT2D eigenvalue weighted by Gasteiger charge is -2.27.